The number of rotatable bonds is 2. The molecule has 1 heterocycles. The first-order valence-corrected chi connectivity index (χ1v) is 6.67. The SMILES string of the molecule is CCC1SCC(C(=O)O)N1C(=O)OC(C)(C)C. The van der Waals surface area contributed by atoms with Crippen molar-refractivity contribution in [1.82, 2.24) is 4.90 Å². The van der Waals surface area contributed by atoms with E-state index in [-0.39, 0.29) is 5.37 Å². The zero-order valence-electron chi connectivity index (χ0n) is 10.6. The molecule has 98 valence electrons. The molecule has 1 saturated heterocycles. The normalized spacial score (nSPS) is 24.8. The molecule has 0 spiro atoms. The molecule has 0 aliphatic carbocycles. The fourth-order valence-electron chi connectivity index (χ4n) is 1.63. The Morgan fingerprint density at radius 3 is 2.47 bits per heavy atom. The van der Waals surface area contributed by atoms with Crippen molar-refractivity contribution in [2.45, 2.75) is 51.1 Å². The van der Waals surface area contributed by atoms with Crippen molar-refractivity contribution >= 4 is 23.8 Å². The van der Waals surface area contributed by atoms with Crippen molar-refractivity contribution in [2.75, 3.05) is 5.75 Å². The lowest BCUT2D eigenvalue weighted by Crippen LogP contribution is -2.47. The second-order valence-electron chi connectivity index (χ2n) is 4.94. The third-order valence-electron chi connectivity index (χ3n) is 2.33. The molecular weight excluding hydrogens is 242 g/mol. The van der Waals surface area contributed by atoms with Gasteiger partial charge in [-0.1, -0.05) is 6.92 Å². The first-order chi connectivity index (χ1) is 7.76. The number of thioether (sulfide) groups is 1. The Hall–Kier alpha value is -0.910. The number of hydrogen-bond acceptors (Lipinski definition) is 4. The van der Waals surface area contributed by atoms with E-state index in [0.29, 0.717) is 12.2 Å². The Kier molecular flexibility index (Phi) is 4.30. The highest BCUT2D eigenvalue weighted by molar-refractivity contribution is 8.00. The van der Waals surface area contributed by atoms with Crippen LogP contribution in [0.4, 0.5) is 4.79 Å². The van der Waals surface area contributed by atoms with Gasteiger partial charge in [-0.2, -0.15) is 0 Å². The van der Waals surface area contributed by atoms with Crippen LogP contribution in [0.25, 0.3) is 0 Å². The Morgan fingerprint density at radius 2 is 2.06 bits per heavy atom. The number of carbonyl (C=O) groups is 2. The summed E-state index contributed by atoms with van der Waals surface area (Å²) in [5.41, 5.74) is -0.605. The van der Waals surface area contributed by atoms with Gasteiger partial charge in [-0.05, 0) is 27.2 Å². The number of aliphatic carboxylic acids is 1. The van der Waals surface area contributed by atoms with Crippen LogP contribution in [-0.4, -0.2) is 44.8 Å². The van der Waals surface area contributed by atoms with Gasteiger partial charge in [0.15, 0.2) is 0 Å². The maximum atomic E-state index is 12.0. The molecule has 1 amide bonds. The molecule has 17 heavy (non-hydrogen) atoms. The summed E-state index contributed by atoms with van der Waals surface area (Å²) in [7, 11) is 0. The zero-order valence-corrected chi connectivity index (χ0v) is 11.4. The van der Waals surface area contributed by atoms with Gasteiger partial charge in [-0.25, -0.2) is 9.59 Å². The molecule has 1 rings (SSSR count). The lowest BCUT2D eigenvalue weighted by atomic mass is 10.2. The summed E-state index contributed by atoms with van der Waals surface area (Å²) in [6.07, 6.45) is 0.176. The largest absolute Gasteiger partial charge is 0.480 e. The number of carbonyl (C=O) groups excluding carboxylic acids is 1. The van der Waals surface area contributed by atoms with Crippen LogP contribution in [0.3, 0.4) is 0 Å². The number of ether oxygens (including phenoxy) is 1. The average molecular weight is 261 g/mol. The summed E-state index contributed by atoms with van der Waals surface area (Å²) >= 11 is 1.49. The molecule has 1 fully saturated rings. The zero-order chi connectivity index (χ0) is 13.2. The molecule has 5 nitrogen and oxygen atoms in total. The standard InChI is InChI=1S/C11H19NO4S/c1-5-8-12(7(6-17-8)9(13)14)10(15)16-11(2,3)4/h7-8H,5-6H2,1-4H3,(H,13,14). The van der Waals surface area contributed by atoms with Crippen molar-refractivity contribution in [3.05, 3.63) is 0 Å². The monoisotopic (exact) mass is 261 g/mol. The van der Waals surface area contributed by atoms with E-state index in [9.17, 15) is 9.59 Å². The molecule has 0 bridgehead atoms. The van der Waals surface area contributed by atoms with E-state index in [4.69, 9.17) is 9.84 Å². The van der Waals surface area contributed by atoms with Gasteiger partial charge in [0, 0.05) is 5.75 Å². The van der Waals surface area contributed by atoms with E-state index in [0.717, 1.165) is 0 Å². The van der Waals surface area contributed by atoms with Crippen molar-refractivity contribution in [3.8, 4) is 0 Å². The maximum Gasteiger partial charge on any atom is 0.411 e. The van der Waals surface area contributed by atoms with E-state index in [1.165, 1.54) is 16.7 Å². The minimum atomic E-state index is -0.973. The molecule has 0 aromatic carbocycles. The highest BCUT2D eigenvalue weighted by Gasteiger charge is 2.42. The van der Waals surface area contributed by atoms with Crippen LogP contribution < -0.4 is 0 Å². The number of hydrogen-bond donors (Lipinski definition) is 1. The first-order valence-electron chi connectivity index (χ1n) is 5.62. The smallest absolute Gasteiger partial charge is 0.411 e. The summed E-state index contributed by atoms with van der Waals surface area (Å²) in [5.74, 6) is -0.549. The topological polar surface area (TPSA) is 66.8 Å². The average Bonchev–Trinajstić information content (AvgIpc) is 2.57. The predicted octanol–water partition coefficient (Wildman–Crippen LogP) is 2.16. The van der Waals surface area contributed by atoms with Crippen LogP contribution in [0, 0.1) is 0 Å². The molecule has 0 aromatic rings. The van der Waals surface area contributed by atoms with Gasteiger partial charge in [0.25, 0.3) is 0 Å². The van der Waals surface area contributed by atoms with Gasteiger partial charge in [0.1, 0.15) is 11.6 Å². The van der Waals surface area contributed by atoms with E-state index in [2.05, 4.69) is 0 Å². The van der Waals surface area contributed by atoms with Crippen LogP contribution in [0.5, 0.6) is 0 Å². The maximum absolute atomic E-state index is 12.0. The van der Waals surface area contributed by atoms with Crippen molar-refractivity contribution in [1.29, 1.82) is 0 Å². The molecule has 1 N–H and O–H groups in total. The van der Waals surface area contributed by atoms with Gasteiger partial charge in [-0.15, -0.1) is 11.8 Å². The van der Waals surface area contributed by atoms with Crippen LogP contribution >= 0.6 is 11.8 Å². The first kappa shape index (κ1) is 14.2. The van der Waals surface area contributed by atoms with E-state index in [1.807, 2.05) is 6.92 Å². The van der Waals surface area contributed by atoms with E-state index in [1.54, 1.807) is 20.8 Å². The second-order valence-corrected chi connectivity index (χ2v) is 6.15. The highest BCUT2D eigenvalue weighted by atomic mass is 32.2. The summed E-state index contributed by atoms with van der Waals surface area (Å²) in [4.78, 5) is 24.4. The van der Waals surface area contributed by atoms with Crippen LogP contribution in [0.15, 0.2) is 0 Å². The van der Waals surface area contributed by atoms with Crippen LogP contribution in [0.2, 0.25) is 0 Å². The molecular formula is C11H19NO4S. The second kappa shape index (κ2) is 5.16. The number of carboxylic acids is 1. The quantitative estimate of drug-likeness (QED) is 0.825. The van der Waals surface area contributed by atoms with Crippen LogP contribution in [-0.2, 0) is 9.53 Å². The Balaban J connectivity index is 2.82. The van der Waals surface area contributed by atoms with Crippen molar-refractivity contribution in [3.63, 3.8) is 0 Å². The van der Waals surface area contributed by atoms with Gasteiger partial charge in [-0.3, -0.25) is 4.90 Å². The van der Waals surface area contributed by atoms with Crippen LogP contribution in [0.1, 0.15) is 34.1 Å². The predicted molar refractivity (Wildman–Crippen MR) is 66.0 cm³/mol. The summed E-state index contributed by atoms with van der Waals surface area (Å²) in [5, 5.41) is 8.98. The lowest BCUT2D eigenvalue weighted by Gasteiger charge is -2.29. The molecule has 0 radical (unpaired) electrons. The fourth-order valence-corrected chi connectivity index (χ4v) is 2.96. The van der Waals surface area contributed by atoms with Crippen molar-refractivity contribution in [2.24, 2.45) is 0 Å². The minimum Gasteiger partial charge on any atom is -0.480 e. The Labute approximate surface area is 105 Å². The molecule has 2 atom stereocenters. The summed E-state index contributed by atoms with van der Waals surface area (Å²) < 4.78 is 5.24. The number of nitrogens with zero attached hydrogens (tertiary/aromatic N) is 1. The van der Waals surface area contributed by atoms with Gasteiger partial charge < -0.3 is 9.84 Å². The molecule has 0 aromatic heterocycles. The summed E-state index contributed by atoms with van der Waals surface area (Å²) in [6, 6.07) is -0.778. The Bertz CT molecular complexity index is 313. The molecule has 0 saturated carbocycles. The lowest BCUT2D eigenvalue weighted by molar-refractivity contribution is -0.142. The fraction of sp³-hybridized carbons (Fsp3) is 0.818. The molecule has 2 unspecified atom stereocenters. The third-order valence-corrected chi connectivity index (χ3v) is 3.78. The molecule has 6 heteroatoms. The van der Waals surface area contributed by atoms with Gasteiger partial charge >= 0.3 is 12.1 Å². The van der Waals surface area contributed by atoms with Gasteiger partial charge in [0.05, 0.1) is 5.37 Å². The number of amides is 1. The Morgan fingerprint density at radius 1 is 1.47 bits per heavy atom. The van der Waals surface area contributed by atoms with Gasteiger partial charge in [0.2, 0.25) is 0 Å². The van der Waals surface area contributed by atoms with E-state index >= 15 is 0 Å². The molecule has 1 aliphatic heterocycles. The van der Waals surface area contributed by atoms with E-state index < -0.39 is 23.7 Å². The van der Waals surface area contributed by atoms with Crippen molar-refractivity contribution < 1.29 is 19.4 Å². The summed E-state index contributed by atoms with van der Waals surface area (Å²) in [6.45, 7) is 7.24. The molecule has 1 aliphatic rings. The third kappa shape index (κ3) is 3.52. The number of carboxylic acid groups (broad SMARTS) is 1. The highest BCUT2D eigenvalue weighted by Crippen LogP contribution is 2.32. The minimum absolute atomic E-state index is 0.106.